The van der Waals surface area contributed by atoms with Crippen LogP contribution in [0, 0.1) is 0 Å². The molecule has 150 valence electrons. The summed E-state index contributed by atoms with van der Waals surface area (Å²) in [5.41, 5.74) is 2.71. The second-order valence-electron chi connectivity index (χ2n) is 6.69. The third-order valence-electron chi connectivity index (χ3n) is 4.89. The molecule has 29 heavy (non-hydrogen) atoms. The maximum atomic E-state index is 12.9. The van der Waals surface area contributed by atoms with Gasteiger partial charge in [0.05, 0.1) is 31.2 Å². The summed E-state index contributed by atoms with van der Waals surface area (Å²) in [6.07, 6.45) is 0. The second-order valence-corrected chi connectivity index (χ2v) is 6.69. The van der Waals surface area contributed by atoms with Crippen molar-refractivity contribution in [1.82, 2.24) is 9.55 Å². The number of ether oxygens (including phenoxy) is 2. The van der Waals surface area contributed by atoms with Gasteiger partial charge in [-0.25, -0.2) is 9.59 Å². The number of imidazole rings is 1. The molecule has 0 radical (unpaired) electrons. The first-order valence-electron chi connectivity index (χ1n) is 9.69. The van der Waals surface area contributed by atoms with E-state index in [9.17, 15) is 9.59 Å². The summed E-state index contributed by atoms with van der Waals surface area (Å²) in [6, 6.07) is 17.1. The SMILES string of the molecule is CCOC(=O)c1[nH]c(=O)n(-c2cccc(N3CCOCC3)c2)c1-c1ccccc1. The Morgan fingerprint density at radius 1 is 1.07 bits per heavy atom. The molecule has 0 unspecified atom stereocenters. The molecular formula is C22H23N3O4. The lowest BCUT2D eigenvalue weighted by Gasteiger charge is -2.29. The molecule has 0 atom stereocenters. The molecule has 7 heteroatoms. The van der Waals surface area contributed by atoms with Crippen LogP contribution in [0.5, 0.6) is 0 Å². The van der Waals surface area contributed by atoms with Gasteiger partial charge in [0.15, 0.2) is 5.69 Å². The summed E-state index contributed by atoms with van der Waals surface area (Å²) in [4.78, 5) is 30.3. The normalized spacial score (nSPS) is 14.0. The van der Waals surface area contributed by atoms with Crippen molar-refractivity contribution in [1.29, 1.82) is 0 Å². The quantitative estimate of drug-likeness (QED) is 0.675. The van der Waals surface area contributed by atoms with Gasteiger partial charge in [-0.1, -0.05) is 36.4 Å². The Hall–Kier alpha value is -3.32. The monoisotopic (exact) mass is 393 g/mol. The van der Waals surface area contributed by atoms with E-state index in [1.165, 1.54) is 4.57 Å². The lowest BCUT2D eigenvalue weighted by molar-refractivity contribution is 0.0521. The summed E-state index contributed by atoms with van der Waals surface area (Å²) in [5.74, 6) is -0.550. The number of morpholine rings is 1. The minimum absolute atomic E-state index is 0.153. The number of aromatic nitrogens is 2. The van der Waals surface area contributed by atoms with Crippen LogP contribution in [0.4, 0.5) is 5.69 Å². The van der Waals surface area contributed by atoms with E-state index in [1.807, 2.05) is 54.6 Å². The summed E-state index contributed by atoms with van der Waals surface area (Å²) in [7, 11) is 0. The number of hydrogen-bond acceptors (Lipinski definition) is 5. The molecular weight excluding hydrogens is 370 g/mol. The van der Waals surface area contributed by atoms with Gasteiger partial charge in [-0.3, -0.25) is 9.55 Å². The van der Waals surface area contributed by atoms with E-state index in [-0.39, 0.29) is 18.0 Å². The van der Waals surface area contributed by atoms with Gasteiger partial charge in [0.1, 0.15) is 0 Å². The molecule has 0 bridgehead atoms. The molecule has 0 aliphatic carbocycles. The number of anilines is 1. The van der Waals surface area contributed by atoms with Gasteiger partial charge in [-0.05, 0) is 25.1 Å². The fraction of sp³-hybridized carbons (Fsp3) is 0.273. The number of H-pyrrole nitrogens is 1. The molecule has 2 aromatic carbocycles. The van der Waals surface area contributed by atoms with Gasteiger partial charge in [-0.2, -0.15) is 0 Å². The number of carbonyl (C=O) groups excluding carboxylic acids is 1. The zero-order valence-electron chi connectivity index (χ0n) is 16.3. The second kappa shape index (κ2) is 8.36. The number of benzene rings is 2. The van der Waals surface area contributed by atoms with Gasteiger partial charge in [0.25, 0.3) is 0 Å². The molecule has 1 saturated heterocycles. The van der Waals surface area contributed by atoms with E-state index in [4.69, 9.17) is 9.47 Å². The highest BCUT2D eigenvalue weighted by Crippen LogP contribution is 2.27. The Labute approximate surface area is 168 Å². The van der Waals surface area contributed by atoms with Crippen LogP contribution in [0.3, 0.4) is 0 Å². The standard InChI is InChI=1S/C22H23N3O4/c1-2-29-21(26)19-20(16-7-4-3-5-8-16)25(22(27)23-19)18-10-6-9-17(15-18)24-11-13-28-14-12-24/h3-10,15H,2,11-14H2,1H3,(H,23,27). The summed E-state index contributed by atoms with van der Waals surface area (Å²) in [5, 5.41) is 0. The number of nitrogens with zero attached hydrogens (tertiary/aromatic N) is 2. The average molecular weight is 393 g/mol. The van der Waals surface area contributed by atoms with Crippen molar-refractivity contribution in [2.45, 2.75) is 6.92 Å². The van der Waals surface area contributed by atoms with Crippen LogP contribution >= 0.6 is 0 Å². The topological polar surface area (TPSA) is 76.6 Å². The number of carbonyl (C=O) groups is 1. The van der Waals surface area contributed by atoms with E-state index >= 15 is 0 Å². The average Bonchev–Trinajstić information content (AvgIpc) is 3.12. The predicted octanol–water partition coefficient (Wildman–Crippen LogP) is 2.85. The summed E-state index contributed by atoms with van der Waals surface area (Å²) in [6.45, 7) is 4.91. The molecule has 4 rings (SSSR count). The molecule has 0 amide bonds. The first kappa shape index (κ1) is 19.0. The number of hydrogen-bond donors (Lipinski definition) is 1. The van der Waals surface area contributed by atoms with Crippen LogP contribution in [0.1, 0.15) is 17.4 Å². The van der Waals surface area contributed by atoms with Crippen molar-refractivity contribution in [3.8, 4) is 16.9 Å². The van der Waals surface area contributed by atoms with Crippen molar-refractivity contribution >= 4 is 11.7 Å². The maximum absolute atomic E-state index is 12.9. The minimum Gasteiger partial charge on any atom is -0.461 e. The van der Waals surface area contributed by atoms with Crippen LogP contribution in [0.15, 0.2) is 59.4 Å². The molecule has 0 saturated carbocycles. The first-order valence-corrected chi connectivity index (χ1v) is 9.69. The Bertz CT molecular complexity index is 1050. The van der Waals surface area contributed by atoms with Crippen LogP contribution < -0.4 is 10.6 Å². The third kappa shape index (κ3) is 3.82. The van der Waals surface area contributed by atoms with Crippen LogP contribution in [0.25, 0.3) is 16.9 Å². The van der Waals surface area contributed by atoms with Gasteiger partial charge < -0.3 is 14.4 Å². The van der Waals surface area contributed by atoms with Crippen LogP contribution in [-0.2, 0) is 9.47 Å². The third-order valence-corrected chi connectivity index (χ3v) is 4.89. The summed E-state index contributed by atoms with van der Waals surface area (Å²) < 4.78 is 12.1. The highest BCUT2D eigenvalue weighted by atomic mass is 16.5. The van der Waals surface area contributed by atoms with Crippen LogP contribution in [0.2, 0.25) is 0 Å². The maximum Gasteiger partial charge on any atom is 0.357 e. The Morgan fingerprint density at radius 3 is 2.52 bits per heavy atom. The molecule has 1 fully saturated rings. The Balaban J connectivity index is 1.86. The molecule has 2 heterocycles. The van der Waals surface area contributed by atoms with Crippen molar-refractivity contribution in [3.63, 3.8) is 0 Å². The smallest absolute Gasteiger partial charge is 0.357 e. The summed E-state index contributed by atoms with van der Waals surface area (Å²) >= 11 is 0. The molecule has 1 aliphatic rings. The zero-order chi connectivity index (χ0) is 20.2. The largest absolute Gasteiger partial charge is 0.461 e. The molecule has 3 aromatic rings. The first-order chi connectivity index (χ1) is 14.2. The van der Waals surface area contributed by atoms with E-state index in [2.05, 4.69) is 9.88 Å². The Kier molecular flexibility index (Phi) is 5.48. The van der Waals surface area contributed by atoms with Crippen molar-refractivity contribution < 1.29 is 14.3 Å². The predicted molar refractivity (Wildman–Crippen MR) is 111 cm³/mol. The molecule has 1 aromatic heterocycles. The molecule has 7 nitrogen and oxygen atoms in total. The van der Waals surface area contributed by atoms with Gasteiger partial charge in [-0.15, -0.1) is 0 Å². The highest BCUT2D eigenvalue weighted by molar-refractivity contribution is 5.94. The number of esters is 1. The minimum atomic E-state index is -0.550. The number of aromatic amines is 1. The van der Waals surface area contributed by atoms with E-state index in [0.717, 1.165) is 24.3 Å². The molecule has 1 N–H and O–H groups in total. The fourth-order valence-electron chi connectivity index (χ4n) is 3.55. The number of nitrogens with one attached hydrogen (secondary N) is 1. The van der Waals surface area contributed by atoms with E-state index < -0.39 is 5.97 Å². The lowest BCUT2D eigenvalue weighted by atomic mass is 10.1. The van der Waals surface area contributed by atoms with E-state index in [0.29, 0.717) is 24.6 Å². The van der Waals surface area contributed by atoms with Gasteiger partial charge in [0.2, 0.25) is 0 Å². The number of rotatable bonds is 5. The van der Waals surface area contributed by atoms with Gasteiger partial charge in [0, 0.05) is 24.3 Å². The lowest BCUT2D eigenvalue weighted by Crippen LogP contribution is -2.36. The van der Waals surface area contributed by atoms with E-state index in [1.54, 1.807) is 6.92 Å². The molecule has 1 aliphatic heterocycles. The zero-order valence-corrected chi connectivity index (χ0v) is 16.3. The van der Waals surface area contributed by atoms with Crippen molar-refractivity contribution in [3.05, 3.63) is 70.8 Å². The van der Waals surface area contributed by atoms with Crippen LogP contribution in [-0.4, -0.2) is 48.4 Å². The van der Waals surface area contributed by atoms with Crippen molar-refractivity contribution in [2.24, 2.45) is 0 Å². The van der Waals surface area contributed by atoms with Crippen molar-refractivity contribution in [2.75, 3.05) is 37.8 Å². The molecule has 0 spiro atoms. The fourth-order valence-corrected chi connectivity index (χ4v) is 3.55. The van der Waals surface area contributed by atoms with Gasteiger partial charge >= 0.3 is 11.7 Å². The Morgan fingerprint density at radius 2 is 1.79 bits per heavy atom. The highest BCUT2D eigenvalue weighted by Gasteiger charge is 2.23.